The SMILES string of the molecule is CC(=O)Nc1cc(-c2ccco2)nn1C1=NC(=O)C2CCCCC2=N1. The summed E-state index contributed by atoms with van der Waals surface area (Å²) in [4.78, 5) is 32.5. The van der Waals surface area contributed by atoms with Crippen LogP contribution in [0.15, 0.2) is 38.9 Å². The number of amides is 2. The van der Waals surface area contributed by atoms with Gasteiger partial charge >= 0.3 is 0 Å². The fraction of sp³-hybridized carbons (Fsp3) is 0.353. The number of furan rings is 1. The van der Waals surface area contributed by atoms with E-state index in [0.29, 0.717) is 17.3 Å². The molecule has 1 saturated carbocycles. The zero-order chi connectivity index (χ0) is 17.4. The third-order valence-corrected chi connectivity index (χ3v) is 4.31. The molecule has 0 saturated heterocycles. The molecule has 2 amide bonds. The fourth-order valence-corrected chi connectivity index (χ4v) is 3.17. The van der Waals surface area contributed by atoms with E-state index >= 15 is 0 Å². The minimum Gasteiger partial charge on any atom is -0.463 e. The molecule has 128 valence electrons. The van der Waals surface area contributed by atoms with Crippen LogP contribution in [-0.4, -0.2) is 33.3 Å². The lowest BCUT2D eigenvalue weighted by Crippen LogP contribution is -2.33. The molecule has 0 spiro atoms. The van der Waals surface area contributed by atoms with E-state index < -0.39 is 0 Å². The summed E-state index contributed by atoms with van der Waals surface area (Å²) in [5.74, 6) is 0.475. The molecule has 4 rings (SSSR count). The molecule has 1 N–H and O–H groups in total. The normalized spacial score (nSPS) is 19.9. The van der Waals surface area contributed by atoms with Gasteiger partial charge in [0.05, 0.1) is 12.2 Å². The van der Waals surface area contributed by atoms with Crippen LogP contribution in [-0.2, 0) is 9.59 Å². The van der Waals surface area contributed by atoms with Gasteiger partial charge in [-0.15, -0.1) is 0 Å². The molecule has 3 heterocycles. The molecule has 2 aromatic heterocycles. The van der Waals surface area contributed by atoms with Crippen molar-refractivity contribution < 1.29 is 14.0 Å². The Morgan fingerprint density at radius 1 is 1.36 bits per heavy atom. The average Bonchev–Trinajstić information content (AvgIpc) is 3.24. The number of hydrogen-bond acceptors (Lipinski definition) is 5. The molecule has 8 heteroatoms. The minimum absolute atomic E-state index is 0.180. The summed E-state index contributed by atoms with van der Waals surface area (Å²) in [6.45, 7) is 1.40. The van der Waals surface area contributed by atoms with Crippen LogP contribution >= 0.6 is 0 Å². The molecule has 8 nitrogen and oxygen atoms in total. The maximum atomic E-state index is 12.4. The Morgan fingerprint density at radius 3 is 3.00 bits per heavy atom. The van der Waals surface area contributed by atoms with E-state index in [1.54, 1.807) is 24.5 Å². The Bertz CT molecular complexity index is 892. The molecular formula is C17H17N5O3. The van der Waals surface area contributed by atoms with Crippen molar-refractivity contribution in [2.24, 2.45) is 15.9 Å². The van der Waals surface area contributed by atoms with Crippen molar-refractivity contribution in [1.29, 1.82) is 0 Å². The quantitative estimate of drug-likeness (QED) is 0.908. The predicted molar refractivity (Wildman–Crippen MR) is 91.5 cm³/mol. The number of anilines is 1. The van der Waals surface area contributed by atoms with Gasteiger partial charge in [0, 0.05) is 18.7 Å². The highest BCUT2D eigenvalue weighted by Crippen LogP contribution is 2.28. The van der Waals surface area contributed by atoms with Gasteiger partial charge < -0.3 is 9.73 Å². The molecule has 2 aromatic rings. The smallest absolute Gasteiger partial charge is 0.257 e. The number of nitrogens with one attached hydrogen (secondary N) is 1. The Balaban J connectivity index is 1.77. The number of carbonyl (C=O) groups excluding carboxylic acids is 2. The first-order chi connectivity index (χ1) is 12.1. The van der Waals surface area contributed by atoms with Gasteiger partial charge in [0.15, 0.2) is 5.76 Å². The van der Waals surface area contributed by atoms with E-state index in [-0.39, 0.29) is 23.7 Å². The first-order valence-corrected chi connectivity index (χ1v) is 8.24. The number of aromatic nitrogens is 2. The summed E-state index contributed by atoms with van der Waals surface area (Å²) in [5.41, 5.74) is 1.37. The van der Waals surface area contributed by atoms with E-state index in [0.717, 1.165) is 31.4 Å². The number of carbonyl (C=O) groups is 2. The van der Waals surface area contributed by atoms with Gasteiger partial charge in [0.2, 0.25) is 5.91 Å². The molecule has 1 unspecified atom stereocenters. The number of rotatable bonds is 2. The second-order valence-electron chi connectivity index (χ2n) is 6.14. The van der Waals surface area contributed by atoms with Crippen molar-refractivity contribution in [3.05, 3.63) is 24.5 Å². The number of nitrogens with zero attached hydrogens (tertiary/aromatic N) is 4. The molecule has 0 aromatic carbocycles. The lowest BCUT2D eigenvalue weighted by molar-refractivity contribution is -0.120. The van der Waals surface area contributed by atoms with Gasteiger partial charge in [-0.2, -0.15) is 14.8 Å². The van der Waals surface area contributed by atoms with Gasteiger partial charge in [-0.05, 0) is 31.4 Å². The van der Waals surface area contributed by atoms with Gasteiger partial charge in [0.1, 0.15) is 11.5 Å². The highest BCUT2D eigenvalue weighted by atomic mass is 16.3. The zero-order valence-electron chi connectivity index (χ0n) is 13.7. The highest BCUT2D eigenvalue weighted by molar-refractivity contribution is 6.16. The van der Waals surface area contributed by atoms with Crippen LogP contribution in [0.25, 0.3) is 11.5 Å². The number of aliphatic imine (C=N–C) groups is 2. The monoisotopic (exact) mass is 339 g/mol. The van der Waals surface area contributed by atoms with Crippen LogP contribution in [0.3, 0.4) is 0 Å². The van der Waals surface area contributed by atoms with Crippen molar-refractivity contribution in [2.45, 2.75) is 32.6 Å². The van der Waals surface area contributed by atoms with Crippen molar-refractivity contribution in [3.8, 4) is 11.5 Å². The van der Waals surface area contributed by atoms with Crippen LogP contribution in [0, 0.1) is 5.92 Å². The third-order valence-electron chi connectivity index (χ3n) is 4.31. The fourth-order valence-electron chi connectivity index (χ4n) is 3.17. The molecule has 0 radical (unpaired) electrons. The Hall–Kier alpha value is -3.03. The maximum Gasteiger partial charge on any atom is 0.257 e. The lowest BCUT2D eigenvalue weighted by Gasteiger charge is -2.24. The minimum atomic E-state index is -0.252. The van der Waals surface area contributed by atoms with Gasteiger partial charge in [-0.25, -0.2) is 4.99 Å². The summed E-state index contributed by atoms with van der Waals surface area (Å²) in [7, 11) is 0. The summed E-state index contributed by atoms with van der Waals surface area (Å²) in [6.07, 6.45) is 5.16. The van der Waals surface area contributed by atoms with Crippen LogP contribution in [0.4, 0.5) is 5.82 Å². The maximum absolute atomic E-state index is 12.4. The summed E-state index contributed by atoms with van der Waals surface area (Å²) in [6, 6.07) is 5.18. The third kappa shape index (κ3) is 2.90. The van der Waals surface area contributed by atoms with E-state index in [9.17, 15) is 9.59 Å². The van der Waals surface area contributed by atoms with E-state index in [1.807, 2.05) is 0 Å². The average molecular weight is 339 g/mol. The number of fused-ring (bicyclic) bond motifs is 1. The molecule has 1 aliphatic carbocycles. The van der Waals surface area contributed by atoms with Gasteiger partial charge in [0.25, 0.3) is 11.9 Å². The zero-order valence-corrected chi connectivity index (χ0v) is 13.7. The van der Waals surface area contributed by atoms with Crippen LogP contribution in [0.1, 0.15) is 32.6 Å². The second kappa shape index (κ2) is 6.12. The van der Waals surface area contributed by atoms with E-state index in [1.165, 1.54) is 11.6 Å². The summed E-state index contributed by atoms with van der Waals surface area (Å²) in [5, 5.41) is 7.12. The summed E-state index contributed by atoms with van der Waals surface area (Å²) < 4.78 is 6.74. The Morgan fingerprint density at radius 2 is 2.24 bits per heavy atom. The first-order valence-electron chi connectivity index (χ1n) is 8.24. The van der Waals surface area contributed by atoms with Gasteiger partial charge in [-0.3, -0.25) is 9.59 Å². The Labute approximate surface area is 143 Å². The number of hydrogen-bond donors (Lipinski definition) is 1. The first kappa shape index (κ1) is 15.5. The van der Waals surface area contributed by atoms with E-state index in [4.69, 9.17) is 4.42 Å². The molecular weight excluding hydrogens is 322 g/mol. The molecule has 0 bridgehead atoms. The van der Waals surface area contributed by atoms with Crippen molar-refractivity contribution in [3.63, 3.8) is 0 Å². The molecule has 25 heavy (non-hydrogen) atoms. The topological polar surface area (TPSA) is 102 Å². The lowest BCUT2D eigenvalue weighted by atomic mass is 9.86. The van der Waals surface area contributed by atoms with Crippen molar-refractivity contribution in [2.75, 3.05) is 5.32 Å². The predicted octanol–water partition coefficient (Wildman–Crippen LogP) is 2.48. The van der Waals surface area contributed by atoms with E-state index in [2.05, 4.69) is 20.4 Å². The molecule has 1 atom stereocenters. The van der Waals surface area contributed by atoms with Crippen LogP contribution in [0.2, 0.25) is 0 Å². The largest absolute Gasteiger partial charge is 0.463 e. The molecule has 2 aliphatic rings. The Kier molecular flexibility index (Phi) is 3.79. The molecule has 1 aliphatic heterocycles. The highest BCUT2D eigenvalue weighted by Gasteiger charge is 2.32. The van der Waals surface area contributed by atoms with Gasteiger partial charge in [-0.1, -0.05) is 6.42 Å². The van der Waals surface area contributed by atoms with Crippen molar-refractivity contribution in [1.82, 2.24) is 9.78 Å². The van der Waals surface area contributed by atoms with Crippen LogP contribution < -0.4 is 5.32 Å². The van der Waals surface area contributed by atoms with Crippen LogP contribution in [0.5, 0.6) is 0 Å². The summed E-state index contributed by atoms with van der Waals surface area (Å²) >= 11 is 0. The standard InChI is InChI=1S/C17H17N5O3/c1-10(23)18-15-9-13(14-7-4-8-25-14)21-22(15)17-19-12-6-3-2-5-11(12)16(24)20-17/h4,7-9,11H,2-3,5-6H2,1H3,(H,18,23). The van der Waals surface area contributed by atoms with Crippen molar-refractivity contribution >= 4 is 29.3 Å². The molecule has 1 fully saturated rings. The second-order valence-corrected chi connectivity index (χ2v) is 6.14.